The van der Waals surface area contributed by atoms with E-state index in [4.69, 9.17) is 0 Å². The van der Waals surface area contributed by atoms with Crippen molar-refractivity contribution in [1.29, 1.82) is 0 Å². The van der Waals surface area contributed by atoms with Crippen molar-refractivity contribution in [1.82, 2.24) is 15.2 Å². The highest BCUT2D eigenvalue weighted by Crippen LogP contribution is 2.30. The van der Waals surface area contributed by atoms with Crippen molar-refractivity contribution in [3.05, 3.63) is 82.6 Å². The second kappa shape index (κ2) is 10.6. The van der Waals surface area contributed by atoms with E-state index in [0.29, 0.717) is 22.9 Å². The first-order chi connectivity index (χ1) is 15.8. The number of benzene rings is 2. The summed E-state index contributed by atoms with van der Waals surface area (Å²) >= 11 is 1.17. The van der Waals surface area contributed by atoms with Crippen LogP contribution in [0.2, 0.25) is 0 Å². The third-order valence-electron chi connectivity index (χ3n) is 4.59. The lowest BCUT2D eigenvalue weighted by Crippen LogP contribution is -2.23. The molecular formula is C24H23FN4O3S. The summed E-state index contributed by atoms with van der Waals surface area (Å²) < 4.78 is 14.2. The summed E-state index contributed by atoms with van der Waals surface area (Å²) in [6.45, 7) is 1.63. The molecule has 0 aliphatic rings. The summed E-state index contributed by atoms with van der Waals surface area (Å²) in [5.74, 6) is -1.32. The number of aromatic nitrogens is 1. The van der Waals surface area contributed by atoms with Crippen LogP contribution >= 0.6 is 11.3 Å². The van der Waals surface area contributed by atoms with Crippen molar-refractivity contribution >= 4 is 46.0 Å². The molecule has 0 fully saturated rings. The number of rotatable bonds is 7. The van der Waals surface area contributed by atoms with Crippen molar-refractivity contribution in [3.8, 4) is 0 Å². The summed E-state index contributed by atoms with van der Waals surface area (Å²) in [4.78, 5) is 43.2. The van der Waals surface area contributed by atoms with Crippen LogP contribution < -0.4 is 10.2 Å². The summed E-state index contributed by atoms with van der Waals surface area (Å²) in [6, 6.07) is 13.0. The normalized spacial score (nSPS) is 10.8. The number of hydrogen-bond donors (Lipinski definition) is 1. The topological polar surface area (TPSA) is 82.6 Å². The van der Waals surface area contributed by atoms with Crippen LogP contribution in [0.25, 0.3) is 6.08 Å². The Morgan fingerprint density at radius 2 is 1.79 bits per heavy atom. The van der Waals surface area contributed by atoms with Gasteiger partial charge >= 0.3 is 0 Å². The Balaban J connectivity index is 1.61. The molecule has 3 aromatic rings. The van der Waals surface area contributed by atoms with E-state index in [-0.39, 0.29) is 23.4 Å². The monoisotopic (exact) mass is 466 g/mol. The molecule has 0 aliphatic heterocycles. The molecule has 0 spiro atoms. The number of carbonyl (C=O) groups is 3. The second-order valence-electron chi connectivity index (χ2n) is 7.31. The van der Waals surface area contributed by atoms with E-state index in [1.165, 1.54) is 52.3 Å². The van der Waals surface area contributed by atoms with Gasteiger partial charge in [-0.25, -0.2) is 9.37 Å². The summed E-state index contributed by atoms with van der Waals surface area (Å²) in [6.07, 6.45) is 2.86. The van der Waals surface area contributed by atoms with Crippen LogP contribution in [0.1, 0.15) is 28.5 Å². The number of carbonyl (C=O) groups excluding carboxylic acids is 3. The molecule has 3 amide bonds. The molecule has 2 aromatic carbocycles. The van der Waals surface area contributed by atoms with Gasteiger partial charge in [0.25, 0.3) is 5.91 Å². The van der Waals surface area contributed by atoms with Gasteiger partial charge in [0, 0.05) is 44.6 Å². The van der Waals surface area contributed by atoms with Gasteiger partial charge in [-0.05, 0) is 35.9 Å². The fourth-order valence-corrected chi connectivity index (χ4v) is 3.78. The van der Waals surface area contributed by atoms with E-state index in [1.54, 1.807) is 55.9 Å². The molecule has 3 rings (SSSR count). The minimum absolute atomic E-state index is 0.0884. The molecule has 1 heterocycles. The fraction of sp³-hybridized carbons (Fsp3) is 0.167. The molecule has 1 aromatic heterocycles. The van der Waals surface area contributed by atoms with Gasteiger partial charge in [0.15, 0.2) is 5.13 Å². The van der Waals surface area contributed by atoms with Gasteiger partial charge in [0.1, 0.15) is 5.82 Å². The highest BCUT2D eigenvalue weighted by Gasteiger charge is 2.20. The van der Waals surface area contributed by atoms with Gasteiger partial charge in [0.2, 0.25) is 11.8 Å². The zero-order valence-corrected chi connectivity index (χ0v) is 19.2. The van der Waals surface area contributed by atoms with Gasteiger partial charge in [-0.15, -0.1) is 11.3 Å². The first kappa shape index (κ1) is 23.8. The molecule has 0 saturated heterocycles. The Morgan fingerprint density at radius 1 is 1.09 bits per heavy atom. The first-order valence-electron chi connectivity index (χ1n) is 10.0. The van der Waals surface area contributed by atoms with Crippen LogP contribution in [0.3, 0.4) is 0 Å². The Labute approximate surface area is 195 Å². The Hall–Kier alpha value is -3.85. The second-order valence-corrected chi connectivity index (χ2v) is 8.14. The predicted octanol–water partition coefficient (Wildman–Crippen LogP) is 4.00. The number of nitrogens with zero attached hydrogens (tertiary/aromatic N) is 3. The molecule has 9 heteroatoms. The van der Waals surface area contributed by atoms with Gasteiger partial charge in [-0.2, -0.15) is 0 Å². The number of anilines is 2. The standard InChI is InChI=1S/C24H23FN4O3S/c1-16(30)29(21-7-5-4-6-20(21)25)24-27-19(15-33-24)12-13-22(31)26-14-17-8-10-18(11-9-17)23(32)28(2)3/h4-13,15H,14H2,1-3H3,(H,26,31)/b13-12+. The molecular weight excluding hydrogens is 443 g/mol. The Kier molecular flexibility index (Phi) is 7.68. The van der Waals surface area contributed by atoms with E-state index >= 15 is 0 Å². The van der Waals surface area contributed by atoms with Crippen LogP contribution in [0.15, 0.2) is 60.0 Å². The molecule has 0 atom stereocenters. The highest BCUT2D eigenvalue weighted by atomic mass is 32.1. The fourth-order valence-electron chi connectivity index (χ4n) is 2.93. The molecule has 0 bridgehead atoms. The molecule has 0 unspecified atom stereocenters. The van der Waals surface area contributed by atoms with E-state index < -0.39 is 5.82 Å². The Bertz CT molecular complexity index is 1190. The van der Waals surface area contributed by atoms with Crippen molar-refractivity contribution < 1.29 is 18.8 Å². The molecule has 0 radical (unpaired) electrons. The minimum atomic E-state index is -0.529. The zero-order chi connectivity index (χ0) is 24.0. The summed E-state index contributed by atoms with van der Waals surface area (Å²) in [5, 5.41) is 4.74. The van der Waals surface area contributed by atoms with E-state index in [2.05, 4.69) is 10.3 Å². The SMILES string of the molecule is CC(=O)N(c1nc(/C=C/C(=O)NCc2ccc(C(=O)N(C)C)cc2)cs1)c1ccccc1F. The van der Waals surface area contributed by atoms with Crippen LogP contribution in [-0.4, -0.2) is 41.7 Å². The van der Waals surface area contributed by atoms with E-state index in [1.807, 2.05) is 0 Å². The minimum Gasteiger partial charge on any atom is -0.348 e. The first-order valence-corrected chi connectivity index (χ1v) is 10.9. The molecule has 1 N–H and O–H groups in total. The number of amides is 3. The van der Waals surface area contributed by atoms with Crippen molar-refractivity contribution in [2.45, 2.75) is 13.5 Å². The predicted molar refractivity (Wildman–Crippen MR) is 127 cm³/mol. The number of halogens is 1. The average Bonchev–Trinajstić information content (AvgIpc) is 3.25. The molecule has 0 saturated carbocycles. The van der Waals surface area contributed by atoms with Crippen molar-refractivity contribution in [2.24, 2.45) is 0 Å². The number of para-hydroxylation sites is 1. The van der Waals surface area contributed by atoms with E-state index in [9.17, 15) is 18.8 Å². The van der Waals surface area contributed by atoms with Gasteiger partial charge in [-0.3, -0.25) is 19.3 Å². The van der Waals surface area contributed by atoms with Crippen LogP contribution in [0, 0.1) is 5.82 Å². The number of hydrogen-bond acceptors (Lipinski definition) is 5. The molecule has 33 heavy (non-hydrogen) atoms. The van der Waals surface area contributed by atoms with Crippen LogP contribution in [0.4, 0.5) is 15.2 Å². The molecule has 7 nitrogen and oxygen atoms in total. The third-order valence-corrected chi connectivity index (χ3v) is 5.43. The number of nitrogens with one attached hydrogen (secondary N) is 1. The lowest BCUT2D eigenvalue weighted by Gasteiger charge is -2.18. The zero-order valence-electron chi connectivity index (χ0n) is 18.4. The van der Waals surface area contributed by atoms with Gasteiger partial charge in [0.05, 0.1) is 11.4 Å². The molecule has 170 valence electrons. The van der Waals surface area contributed by atoms with Crippen molar-refractivity contribution in [3.63, 3.8) is 0 Å². The maximum atomic E-state index is 14.2. The smallest absolute Gasteiger partial charge is 0.253 e. The quantitative estimate of drug-likeness (QED) is 0.534. The largest absolute Gasteiger partial charge is 0.348 e. The van der Waals surface area contributed by atoms with Gasteiger partial charge < -0.3 is 10.2 Å². The average molecular weight is 467 g/mol. The van der Waals surface area contributed by atoms with Gasteiger partial charge in [-0.1, -0.05) is 24.3 Å². The molecule has 0 aliphatic carbocycles. The lowest BCUT2D eigenvalue weighted by molar-refractivity contribution is -0.117. The maximum absolute atomic E-state index is 14.2. The van der Waals surface area contributed by atoms with Crippen LogP contribution in [-0.2, 0) is 16.1 Å². The van der Waals surface area contributed by atoms with E-state index in [0.717, 1.165) is 5.56 Å². The number of thiazole rings is 1. The van der Waals surface area contributed by atoms with Crippen LogP contribution in [0.5, 0.6) is 0 Å². The third kappa shape index (κ3) is 6.11. The summed E-state index contributed by atoms with van der Waals surface area (Å²) in [7, 11) is 3.37. The highest BCUT2D eigenvalue weighted by molar-refractivity contribution is 7.14. The lowest BCUT2D eigenvalue weighted by atomic mass is 10.1. The summed E-state index contributed by atoms with van der Waals surface area (Å²) in [5.41, 5.74) is 2.01. The maximum Gasteiger partial charge on any atom is 0.253 e. The van der Waals surface area contributed by atoms with Crippen molar-refractivity contribution in [2.75, 3.05) is 19.0 Å². The Morgan fingerprint density at radius 3 is 2.42 bits per heavy atom.